The zero-order chi connectivity index (χ0) is 24.0. The second kappa shape index (κ2) is 10.9. The van der Waals surface area contributed by atoms with Crippen molar-refractivity contribution in [2.45, 2.75) is 6.42 Å². The van der Waals surface area contributed by atoms with Gasteiger partial charge in [-0.3, -0.25) is 19.3 Å². The fourth-order valence-electron chi connectivity index (χ4n) is 3.21. The lowest BCUT2D eigenvalue weighted by atomic mass is 10.1. The maximum atomic E-state index is 13.7. The fourth-order valence-corrected chi connectivity index (χ4v) is 4.08. The fraction of sp³-hybridized carbons (Fsp3) is 0.261. The molecule has 2 aromatic carbocycles. The number of nitrogens with one attached hydrogen (secondary N) is 1. The Balaban J connectivity index is 1.64. The first-order valence-electron chi connectivity index (χ1n) is 9.93. The van der Waals surface area contributed by atoms with Gasteiger partial charge in [0.2, 0.25) is 11.7 Å². The van der Waals surface area contributed by atoms with Crippen LogP contribution in [0.3, 0.4) is 0 Å². The SMILES string of the molecule is COc1cc(/C=C2\SC(=O)N(CCNC(=O)Cc3ccccc3F)C2=O)cc(OC)c1OC. The van der Waals surface area contributed by atoms with E-state index >= 15 is 0 Å². The topological polar surface area (TPSA) is 94.2 Å². The van der Waals surface area contributed by atoms with E-state index in [1.807, 2.05) is 0 Å². The van der Waals surface area contributed by atoms with Crippen LogP contribution < -0.4 is 19.5 Å². The van der Waals surface area contributed by atoms with Crippen LogP contribution in [0.4, 0.5) is 9.18 Å². The summed E-state index contributed by atoms with van der Waals surface area (Å²) in [6.45, 7) is 0.0586. The van der Waals surface area contributed by atoms with Crippen LogP contribution in [-0.4, -0.2) is 56.4 Å². The average molecular weight is 475 g/mol. The molecule has 0 saturated carbocycles. The Hall–Kier alpha value is -3.53. The summed E-state index contributed by atoms with van der Waals surface area (Å²) in [6, 6.07) is 9.33. The van der Waals surface area contributed by atoms with Gasteiger partial charge in [0.05, 0.1) is 32.7 Å². The minimum atomic E-state index is -0.470. The van der Waals surface area contributed by atoms with Crippen LogP contribution in [0.15, 0.2) is 41.3 Å². The Morgan fingerprint density at radius 1 is 1.09 bits per heavy atom. The van der Waals surface area contributed by atoms with Crippen molar-refractivity contribution >= 4 is 34.9 Å². The van der Waals surface area contributed by atoms with Gasteiger partial charge in [-0.25, -0.2) is 4.39 Å². The molecule has 10 heteroatoms. The van der Waals surface area contributed by atoms with Crippen LogP contribution >= 0.6 is 11.8 Å². The highest BCUT2D eigenvalue weighted by Crippen LogP contribution is 2.40. The lowest BCUT2D eigenvalue weighted by molar-refractivity contribution is -0.124. The van der Waals surface area contributed by atoms with Gasteiger partial charge in [0.25, 0.3) is 11.1 Å². The quantitative estimate of drug-likeness (QED) is 0.558. The first-order chi connectivity index (χ1) is 15.9. The molecule has 3 rings (SSSR count). The molecule has 33 heavy (non-hydrogen) atoms. The molecule has 1 aliphatic rings. The normalized spacial score (nSPS) is 14.5. The molecular formula is C23H23FN2O6S. The summed E-state index contributed by atoms with van der Waals surface area (Å²) in [4.78, 5) is 38.4. The predicted molar refractivity (Wildman–Crippen MR) is 122 cm³/mol. The van der Waals surface area contributed by atoms with Gasteiger partial charge in [-0.1, -0.05) is 18.2 Å². The van der Waals surface area contributed by atoms with Crippen molar-refractivity contribution in [3.05, 3.63) is 58.2 Å². The molecule has 8 nitrogen and oxygen atoms in total. The van der Waals surface area contributed by atoms with E-state index in [1.165, 1.54) is 33.5 Å². The van der Waals surface area contributed by atoms with E-state index in [4.69, 9.17) is 14.2 Å². The largest absolute Gasteiger partial charge is 0.493 e. The van der Waals surface area contributed by atoms with Gasteiger partial charge in [-0.2, -0.15) is 0 Å². The number of ether oxygens (including phenoxy) is 3. The molecule has 3 amide bonds. The number of hydrogen-bond donors (Lipinski definition) is 1. The van der Waals surface area contributed by atoms with E-state index in [1.54, 1.807) is 30.3 Å². The summed E-state index contributed by atoms with van der Waals surface area (Å²) in [5.41, 5.74) is 0.864. The number of amides is 3. The third-order valence-corrected chi connectivity index (χ3v) is 5.73. The smallest absolute Gasteiger partial charge is 0.293 e. The summed E-state index contributed by atoms with van der Waals surface area (Å²) < 4.78 is 29.6. The van der Waals surface area contributed by atoms with E-state index in [-0.39, 0.29) is 30.0 Å². The van der Waals surface area contributed by atoms with E-state index in [0.717, 1.165) is 16.7 Å². The summed E-state index contributed by atoms with van der Waals surface area (Å²) in [6.07, 6.45) is 1.43. The number of thioether (sulfide) groups is 1. The van der Waals surface area contributed by atoms with E-state index < -0.39 is 22.9 Å². The van der Waals surface area contributed by atoms with Crippen molar-refractivity contribution < 1.29 is 33.0 Å². The summed E-state index contributed by atoms with van der Waals surface area (Å²) >= 11 is 0.800. The van der Waals surface area contributed by atoms with Crippen molar-refractivity contribution in [1.29, 1.82) is 0 Å². The van der Waals surface area contributed by atoms with Crippen LogP contribution in [0, 0.1) is 5.82 Å². The summed E-state index contributed by atoms with van der Waals surface area (Å²) in [5, 5.41) is 2.16. The van der Waals surface area contributed by atoms with Gasteiger partial charge >= 0.3 is 0 Å². The maximum Gasteiger partial charge on any atom is 0.293 e. The lowest BCUT2D eigenvalue weighted by Crippen LogP contribution is -2.37. The van der Waals surface area contributed by atoms with Gasteiger partial charge in [0.1, 0.15) is 5.82 Å². The number of halogens is 1. The summed E-state index contributed by atoms with van der Waals surface area (Å²) in [7, 11) is 4.45. The van der Waals surface area contributed by atoms with E-state index in [2.05, 4.69) is 5.32 Å². The number of nitrogens with zero attached hydrogens (tertiary/aromatic N) is 1. The zero-order valence-corrected chi connectivity index (χ0v) is 19.2. The summed E-state index contributed by atoms with van der Waals surface area (Å²) in [5.74, 6) is -0.0890. The molecular weight excluding hydrogens is 451 g/mol. The van der Waals surface area contributed by atoms with Crippen molar-refractivity contribution in [2.75, 3.05) is 34.4 Å². The first kappa shape index (κ1) is 24.1. The van der Waals surface area contributed by atoms with Gasteiger partial charge in [0, 0.05) is 13.1 Å². The van der Waals surface area contributed by atoms with E-state index in [0.29, 0.717) is 22.8 Å². The number of hydrogen-bond acceptors (Lipinski definition) is 7. The number of methoxy groups -OCH3 is 3. The maximum absolute atomic E-state index is 13.7. The molecule has 0 bridgehead atoms. The highest BCUT2D eigenvalue weighted by atomic mass is 32.2. The van der Waals surface area contributed by atoms with Crippen molar-refractivity contribution in [2.24, 2.45) is 0 Å². The lowest BCUT2D eigenvalue weighted by Gasteiger charge is -2.13. The van der Waals surface area contributed by atoms with Gasteiger partial charge in [-0.15, -0.1) is 0 Å². The molecule has 0 aromatic heterocycles. The molecule has 2 aromatic rings. The molecule has 1 heterocycles. The van der Waals surface area contributed by atoms with Crippen LogP contribution in [-0.2, 0) is 16.0 Å². The Kier molecular flexibility index (Phi) is 7.94. The predicted octanol–water partition coefficient (Wildman–Crippen LogP) is 3.25. The van der Waals surface area contributed by atoms with Gasteiger partial charge in [0.15, 0.2) is 11.5 Å². The third-order valence-electron chi connectivity index (χ3n) is 4.82. The Morgan fingerprint density at radius 3 is 2.36 bits per heavy atom. The van der Waals surface area contributed by atoms with Crippen molar-refractivity contribution in [3.8, 4) is 17.2 Å². The molecule has 1 fully saturated rings. The monoisotopic (exact) mass is 474 g/mol. The van der Waals surface area contributed by atoms with Gasteiger partial charge < -0.3 is 19.5 Å². The van der Waals surface area contributed by atoms with Gasteiger partial charge in [-0.05, 0) is 47.2 Å². The average Bonchev–Trinajstić information content (AvgIpc) is 3.07. The minimum absolute atomic E-state index is 0.000271. The van der Waals surface area contributed by atoms with Crippen LogP contribution in [0.25, 0.3) is 6.08 Å². The molecule has 1 saturated heterocycles. The minimum Gasteiger partial charge on any atom is -0.493 e. The molecule has 174 valence electrons. The van der Waals surface area contributed by atoms with Crippen LogP contribution in [0.1, 0.15) is 11.1 Å². The number of rotatable bonds is 9. The Labute approximate surface area is 194 Å². The number of carbonyl (C=O) groups is 3. The van der Waals surface area contributed by atoms with E-state index in [9.17, 15) is 18.8 Å². The Morgan fingerprint density at radius 2 is 1.76 bits per heavy atom. The Bertz CT molecular complexity index is 1080. The molecule has 0 unspecified atom stereocenters. The first-order valence-corrected chi connectivity index (χ1v) is 10.7. The molecule has 0 aliphatic carbocycles. The molecule has 1 aliphatic heterocycles. The van der Waals surface area contributed by atoms with Crippen LogP contribution in [0.2, 0.25) is 0 Å². The highest BCUT2D eigenvalue weighted by molar-refractivity contribution is 8.18. The molecule has 0 radical (unpaired) electrons. The molecule has 0 atom stereocenters. The number of imide groups is 1. The van der Waals surface area contributed by atoms with Crippen LogP contribution in [0.5, 0.6) is 17.2 Å². The molecule has 1 N–H and O–H groups in total. The standard InChI is InChI=1S/C23H23FN2O6S/c1-30-17-10-14(11-18(31-2)21(17)32-3)12-19-22(28)26(23(29)33-19)9-8-25-20(27)13-15-6-4-5-7-16(15)24/h4-7,10-12H,8-9,13H2,1-3H3,(H,25,27)/b19-12-. The highest BCUT2D eigenvalue weighted by Gasteiger charge is 2.34. The number of benzene rings is 2. The zero-order valence-electron chi connectivity index (χ0n) is 18.3. The second-order valence-corrected chi connectivity index (χ2v) is 7.90. The second-order valence-electron chi connectivity index (χ2n) is 6.91. The number of carbonyl (C=O) groups excluding carboxylic acids is 3. The van der Waals surface area contributed by atoms with Crippen molar-refractivity contribution in [1.82, 2.24) is 10.2 Å². The molecule has 0 spiro atoms. The third kappa shape index (κ3) is 5.64. The van der Waals surface area contributed by atoms with Crippen molar-refractivity contribution in [3.63, 3.8) is 0 Å².